The summed E-state index contributed by atoms with van der Waals surface area (Å²) in [6, 6.07) is 0. The van der Waals surface area contributed by atoms with Gasteiger partial charge in [-0.2, -0.15) is 0 Å². The first-order valence-corrected chi connectivity index (χ1v) is 13.9. The molecule has 2 N–H and O–H groups in total. The van der Waals surface area contributed by atoms with Crippen molar-refractivity contribution in [1.29, 1.82) is 0 Å². The SMILES string of the molecule is C[C@H](CC[C@](C)(O)[C@H]1CC[C@H]2[C@@H]3CC[C@H]4CC(=O)CC[C@]4(C)[C@H]3C[C@@H](O)[C@@]21C)[C@@H]1C[C@H]1C. The Morgan fingerprint density at radius 3 is 2.53 bits per heavy atom. The molecule has 0 aliphatic heterocycles. The minimum Gasteiger partial charge on any atom is -0.393 e. The predicted octanol–water partition coefficient (Wildman–Crippen LogP) is 6.01. The van der Waals surface area contributed by atoms with Crippen molar-refractivity contribution in [3.05, 3.63) is 0 Å². The molecule has 5 rings (SSSR count). The van der Waals surface area contributed by atoms with E-state index in [9.17, 15) is 15.0 Å². The fourth-order valence-corrected chi connectivity index (χ4v) is 10.1. The van der Waals surface area contributed by atoms with Crippen molar-refractivity contribution in [1.82, 2.24) is 0 Å². The zero-order chi connectivity index (χ0) is 23.1. The smallest absolute Gasteiger partial charge is 0.133 e. The molecule has 0 bridgehead atoms. The Kier molecular flexibility index (Phi) is 5.69. The summed E-state index contributed by atoms with van der Waals surface area (Å²) in [4.78, 5) is 12.2. The molecule has 32 heavy (non-hydrogen) atoms. The fraction of sp³-hybridized carbons (Fsp3) is 0.966. The molecule has 0 aromatic heterocycles. The minimum atomic E-state index is -0.692. The van der Waals surface area contributed by atoms with Gasteiger partial charge in [-0.3, -0.25) is 4.79 Å². The fourth-order valence-electron chi connectivity index (χ4n) is 10.1. The predicted molar refractivity (Wildman–Crippen MR) is 128 cm³/mol. The average Bonchev–Trinajstić information content (AvgIpc) is 3.34. The van der Waals surface area contributed by atoms with E-state index in [1.54, 1.807) is 0 Å². The topological polar surface area (TPSA) is 57.5 Å². The highest BCUT2D eigenvalue weighted by atomic mass is 16.3. The summed E-state index contributed by atoms with van der Waals surface area (Å²) in [5, 5.41) is 23.5. The van der Waals surface area contributed by atoms with Crippen LogP contribution < -0.4 is 0 Å². The Hall–Kier alpha value is -0.410. The summed E-state index contributed by atoms with van der Waals surface area (Å²) in [6.07, 6.45) is 11.0. The van der Waals surface area contributed by atoms with E-state index in [1.165, 1.54) is 19.3 Å². The summed E-state index contributed by atoms with van der Waals surface area (Å²) in [5.74, 6) is 5.32. The number of hydrogen-bond donors (Lipinski definition) is 2. The van der Waals surface area contributed by atoms with Crippen LogP contribution in [0.1, 0.15) is 105 Å². The normalized spacial score (nSPS) is 53.0. The highest BCUT2D eigenvalue weighted by Gasteiger charge is 2.65. The summed E-state index contributed by atoms with van der Waals surface area (Å²) < 4.78 is 0. The zero-order valence-corrected chi connectivity index (χ0v) is 21.3. The summed E-state index contributed by atoms with van der Waals surface area (Å²) in [5.41, 5.74) is -0.646. The second kappa shape index (κ2) is 7.80. The van der Waals surface area contributed by atoms with Gasteiger partial charge in [0.2, 0.25) is 0 Å². The van der Waals surface area contributed by atoms with Crippen LogP contribution in [-0.2, 0) is 4.79 Å². The summed E-state index contributed by atoms with van der Waals surface area (Å²) in [6.45, 7) is 11.6. The highest BCUT2D eigenvalue weighted by Crippen LogP contribution is 2.68. The number of carbonyl (C=O) groups is 1. The van der Waals surface area contributed by atoms with E-state index in [0.29, 0.717) is 35.4 Å². The largest absolute Gasteiger partial charge is 0.393 e. The van der Waals surface area contributed by atoms with Crippen molar-refractivity contribution >= 4 is 5.78 Å². The molecule has 5 aliphatic carbocycles. The van der Waals surface area contributed by atoms with Crippen LogP contribution >= 0.6 is 0 Å². The lowest BCUT2D eigenvalue weighted by molar-refractivity contribution is -0.187. The first-order valence-electron chi connectivity index (χ1n) is 13.9. The molecule has 0 amide bonds. The molecule has 3 heteroatoms. The molecule has 0 aromatic rings. The second-order valence-electron chi connectivity index (χ2n) is 13.9. The van der Waals surface area contributed by atoms with Crippen molar-refractivity contribution in [2.45, 2.75) is 117 Å². The number of aliphatic hydroxyl groups is 2. The van der Waals surface area contributed by atoms with E-state index >= 15 is 0 Å². The van der Waals surface area contributed by atoms with Gasteiger partial charge in [-0.15, -0.1) is 0 Å². The molecule has 0 saturated heterocycles. The molecular weight excluding hydrogens is 396 g/mol. The van der Waals surface area contributed by atoms with Gasteiger partial charge < -0.3 is 10.2 Å². The van der Waals surface area contributed by atoms with E-state index in [2.05, 4.69) is 34.6 Å². The van der Waals surface area contributed by atoms with E-state index in [-0.39, 0.29) is 22.9 Å². The number of carbonyl (C=O) groups excluding carboxylic acids is 1. The van der Waals surface area contributed by atoms with Gasteiger partial charge in [0.25, 0.3) is 0 Å². The van der Waals surface area contributed by atoms with Gasteiger partial charge >= 0.3 is 0 Å². The molecule has 12 atom stereocenters. The number of ketones is 1. The second-order valence-corrected chi connectivity index (χ2v) is 13.9. The Balaban J connectivity index is 1.34. The van der Waals surface area contributed by atoms with Crippen LogP contribution in [0.5, 0.6) is 0 Å². The van der Waals surface area contributed by atoms with Crippen molar-refractivity contribution in [2.24, 2.45) is 58.2 Å². The Morgan fingerprint density at radius 2 is 1.84 bits per heavy atom. The molecule has 0 spiro atoms. The first kappa shape index (κ1) is 23.3. The molecule has 0 radical (unpaired) electrons. The maximum atomic E-state index is 12.2. The molecule has 5 aliphatic rings. The number of fused-ring (bicyclic) bond motifs is 5. The van der Waals surface area contributed by atoms with Crippen LogP contribution in [0.25, 0.3) is 0 Å². The number of Topliss-reactive ketones (excluding diaryl/α,β-unsaturated/α-hetero) is 1. The van der Waals surface area contributed by atoms with Crippen LogP contribution in [0.2, 0.25) is 0 Å². The van der Waals surface area contributed by atoms with Gasteiger partial charge in [0.15, 0.2) is 0 Å². The van der Waals surface area contributed by atoms with Gasteiger partial charge in [0.05, 0.1) is 11.7 Å². The van der Waals surface area contributed by atoms with E-state index < -0.39 is 5.60 Å². The van der Waals surface area contributed by atoms with Gasteiger partial charge in [-0.05, 0) is 117 Å². The minimum absolute atomic E-state index is 0.172. The van der Waals surface area contributed by atoms with Crippen LogP contribution in [0.4, 0.5) is 0 Å². The quantitative estimate of drug-likeness (QED) is 0.546. The molecular formula is C29H48O3. The lowest BCUT2D eigenvalue weighted by atomic mass is 9.43. The van der Waals surface area contributed by atoms with Gasteiger partial charge in [-0.1, -0.05) is 27.7 Å². The van der Waals surface area contributed by atoms with Crippen LogP contribution in [0.15, 0.2) is 0 Å². The van der Waals surface area contributed by atoms with Gasteiger partial charge in [0, 0.05) is 18.3 Å². The Labute approximate surface area is 196 Å². The van der Waals surface area contributed by atoms with Gasteiger partial charge in [0.1, 0.15) is 5.78 Å². The number of hydrogen-bond acceptors (Lipinski definition) is 3. The first-order chi connectivity index (χ1) is 15.0. The molecule has 0 unspecified atom stereocenters. The Bertz CT molecular complexity index is 745. The van der Waals surface area contributed by atoms with Crippen LogP contribution in [0, 0.1) is 58.2 Å². The molecule has 3 nitrogen and oxygen atoms in total. The van der Waals surface area contributed by atoms with Crippen molar-refractivity contribution in [3.8, 4) is 0 Å². The lowest BCUT2D eigenvalue weighted by Crippen LogP contribution is -2.60. The Morgan fingerprint density at radius 1 is 1.12 bits per heavy atom. The number of aliphatic hydroxyl groups excluding tert-OH is 1. The molecule has 5 saturated carbocycles. The van der Waals surface area contributed by atoms with Crippen LogP contribution in [-0.4, -0.2) is 27.7 Å². The molecule has 0 aromatic carbocycles. The molecule has 0 heterocycles. The van der Waals surface area contributed by atoms with E-state index in [0.717, 1.165) is 63.2 Å². The van der Waals surface area contributed by atoms with E-state index in [1.807, 2.05) is 0 Å². The zero-order valence-electron chi connectivity index (χ0n) is 21.3. The molecule has 5 fully saturated rings. The lowest BCUT2D eigenvalue weighted by Gasteiger charge is -2.62. The average molecular weight is 445 g/mol. The third kappa shape index (κ3) is 3.46. The van der Waals surface area contributed by atoms with Gasteiger partial charge in [-0.25, -0.2) is 0 Å². The number of rotatable bonds is 5. The van der Waals surface area contributed by atoms with Crippen molar-refractivity contribution in [2.75, 3.05) is 0 Å². The third-order valence-corrected chi connectivity index (χ3v) is 12.3. The van der Waals surface area contributed by atoms with Crippen molar-refractivity contribution < 1.29 is 15.0 Å². The maximum absolute atomic E-state index is 12.2. The highest BCUT2D eigenvalue weighted by molar-refractivity contribution is 5.79. The van der Waals surface area contributed by atoms with E-state index in [4.69, 9.17) is 0 Å². The van der Waals surface area contributed by atoms with Crippen LogP contribution in [0.3, 0.4) is 0 Å². The summed E-state index contributed by atoms with van der Waals surface area (Å²) in [7, 11) is 0. The van der Waals surface area contributed by atoms with Crippen molar-refractivity contribution in [3.63, 3.8) is 0 Å². The monoisotopic (exact) mass is 444 g/mol. The summed E-state index contributed by atoms with van der Waals surface area (Å²) >= 11 is 0. The standard InChI is InChI=1S/C29H48O3/c1-17(22-14-18(22)2)10-13-28(4,32)25-9-8-23-21-7-6-19-15-20(30)11-12-27(19,3)24(21)16-26(31)29(23,25)5/h17-19,21-26,31-32H,6-16H2,1-5H3/t17-,18-,19+,21+,22+,23+,24+,25-,26-,27+,28+,29+/m1/s1. The molecule has 182 valence electrons. The third-order valence-electron chi connectivity index (χ3n) is 12.3. The maximum Gasteiger partial charge on any atom is 0.133 e.